The summed E-state index contributed by atoms with van der Waals surface area (Å²) in [4.78, 5) is 0. The number of aromatic nitrogens is 2. The Labute approximate surface area is 105 Å². The van der Waals surface area contributed by atoms with Gasteiger partial charge in [0.1, 0.15) is 5.82 Å². The molecule has 2 rings (SSSR count). The van der Waals surface area contributed by atoms with Gasteiger partial charge in [-0.2, -0.15) is 18.3 Å². The molecule has 96 valence electrons. The predicted molar refractivity (Wildman–Crippen MR) is 57.7 cm³/mol. The Bertz CT molecular complexity index is 562. The highest BCUT2D eigenvalue weighted by Crippen LogP contribution is 2.27. The van der Waals surface area contributed by atoms with Crippen molar-refractivity contribution in [2.45, 2.75) is 12.7 Å². The molecule has 7 heteroatoms. The fourth-order valence-corrected chi connectivity index (χ4v) is 1.63. The van der Waals surface area contributed by atoms with Gasteiger partial charge < -0.3 is 0 Å². The lowest BCUT2D eigenvalue weighted by Gasteiger charge is -2.04. The SMILES string of the molecule is Fc1ccc(Cn2ccc(C(F)(F)F)n2)cc1Cl. The van der Waals surface area contributed by atoms with Crippen molar-refractivity contribution in [1.82, 2.24) is 9.78 Å². The lowest BCUT2D eigenvalue weighted by molar-refractivity contribution is -0.141. The monoisotopic (exact) mass is 278 g/mol. The largest absolute Gasteiger partial charge is 0.435 e. The second-order valence-electron chi connectivity index (χ2n) is 3.64. The molecule has 0 fully saturated rings. The number of benzene rings is 1. The normalized spacial score (nSPS) is 11.8. The third-order valence-corrected chi connectivity index (χ3v) is 2.55. The number of alkyl halides is 3. The molecule has 0 saturated heterocycles. The summed E-state index contributed by atoms with van der Waals surface area (Å²) in [5, 5.41) is 3.31. The molecule has 0 N–H and O–H groups in total. The molecule has 18 heavy (non-hydrogen) atoms. The van der Waals surface area contributed by atoms with Gasteiger partial charge in [-0.15, -0.1) is 0 Å². The summed E-state index contributed by atoms with van der Waals surface area (Å²) >= 11 is 5.57. The summed E-state index contributed by atoms with van der Waals surface area (Å²) in [6.07, 6.45) is -3.26. The van der Waals surface area contributed by atoms with Crippen LogP contribution in [0.3, 0.4) is 0 Å². The van der Waals surface area contributed by atoms with E-state index in [1.807, 2.05) is 0 Å². The molecule has 0 atom stereocenters. The Kier molecular flexibility index (Phi) is 3.30. The van der Waals surface area contributed by atoms with Crippen LogP contribution in [0.4, 0.5) is 17.6 Å². The highest BCUT2D eigenvalue weighted by molar-refractivity contribution is 6.30. The first kappa shape index (κ1) is 12.9. The molecule has 0 aliphatic carbocycles. The van der Waals surface area contributed by atoms with Crippen LogP contribution in [0.25, 0.3) is 0 Å². The molecule has 1 aromatic carbocycles. The van der Waals surface area contributed by atoms with Gasteiger partial charge in [-0.25, -0.2) is 4.39 Å². The van der Waals surface area contributed by atoms with Gasteiger partial charge in [-0.05, 0) is 23.8 Å². The molecular formula is C11H7ClF4N2. The van der Waals surface area contributed by atoms with Crippen molar-refractivity contribution in [3.63, 3.8) is 0 Å². The van der Waals surface area contributed by atoms with Crippen LogP contribution in [-0.2, 0) is 12.7 Å². The van der Waals surface area contributed by atoms with E-state index >= 15 is 0 Å². The first-order valence-electron chi connectivity index (χ1n) is 4.91. The summed E-state index contributed by atoms with van der Waals surface area (Å²) < 4.78 is 50.9. The summed E-state index contributed by atoms with van der Waals surface area (Å²) in [6, 6.07) is 4.83. The van der Waals surface area contributed by atoms with Crippen molar-refractivity contribution in [1.29, 1.82) is 0 Å². The average molecular weight is 279 g/mol. The van der Waals surface area contributed by atoms with Gasteiger partial charge in [0.25, 0.3) is 0 Å². The van der Waals surface area contributed by atoms with Crippen molar-refractivity contribution in [3.05, 3.63) is 52.6 Å². The number of nitrogens with zero attached hydrogens (tertiary/aromatic N) is 2. The maximum atomic E-state index is 12.9. The maximum absolute atomic E-state index is 12.9. The first-order chi connectivity index (χ1) is 8.36. The van der Waals surface area contributed by atoms with E-state index in [1.165, 1.54) is 18.3 Å². The molecule has 1 heterocycles. The smallest absolute Gasteiger partial charge is 0.268 e. The van der Waals surface area contributed by atoms with Crippen LogP contribution < -0.4 is 0 Å². The second kappa shape index (κ2) is 4.61. The van der Waals surface area contributed by atoms with E-state index in [4.69, 9.17) is 11.6 Å². The Morgan fingerprint density at radius 1 is 1.22 bits per heavy atom. The molecule has 0 aliphatic rings. The van der Waals surface area contributed by atoms with E-state index in [0.29, 0.717) is 5.56 Å². The molecule has 0 spiro atoms. The summed E-state index contributed by atoms with van der Waals surface area (Å²) in [6.45, 7) is 0.0933. The highest BCUT2D eigenvalue weighted by atomic mass is 35.5. The number of hydrogen-bond acceptors (Lipinski definition) is 1. The lowest BCUT2D eigenvalue weighted by Crippen LogP contribution is -2.08. The van der Waals surface area contributed by atoms with Gasteiger partial charge in [-0.3, -0.25) is 4.68 Å². The summed E-state index contributed by atoms with van der Waals surface area (Å²) in [5.41, 5.74) is -0.395. The molecule has 0 radical (unpaired) electrons. The average Bonchev–Trinajstić information content (AvgIpc) is 2.72. The molecule has 0 aliphatic heterocycles. The van der Waals surface area contributed by atoms with Gasteiger partial charge in [-0.1, -0.05) is 17.7 Å². The van der Waals surface area contributed by atoms with E-state index in [0.717, 1.165) is 16.8 Å². The van der Waals surface area contributed by atoms with E-state index in [-0.39, 0.29) is 11.6 Å². The van der Waals surface area contributed by atoms with Crippen LogP contribution in [0.1, 0.15) is 11.3 Å². The molecule has 0 saturated carbocycles. The second-order valence-corrected chi connectivity index (χ2v) is 4.05. The Morgan fingerprint density at radius 2 is 1.94 bits per heavy atom. The number of rotatable bonds is 2. The van der Waals surface area contributed by atoms with Gasteiger partial charge in [0.2, 0.25) is 0 Å². The molecule has 0 unspecified atom stereocenters. The zero-order valence-corrected chi connectivity index (χ0v) is 9.63. The quantitative estimate of drug-likeness (QED) is 0.765. The van der Waals surface area contributed by atoms with E-state index < -0.39 is 17.7 Å². The first-order valence-corrected chi connectivity index (χ1v) is 5.28. The minimum Gasteiger partial charge on any atom is -0.268 e. The zero-order chi connectivity index (χ0) is 13.3. The Hall–Kier alpha value is -1.56. The lowest BCUT2D eigenvalue weighted by atomic mass is 10.2. The fourth-order valence-electron chi connectivity index (χ4n) is 1.43. The predicted octanol–water partition coefficient (Wildman–Crippen LogP) is 3.74. The van der Waals surface area contributed by atoms with Crippen molar-refractivity contribution in [2.75, 3.05) is 0 Å². The van der Waals surface area contributed by atoms with Crippen molar-refractivity contribution >= 4 is 11.6 Å². The topological polar surface area (TPSA) is 17.8 Å². The molecular weight excluding hydrogens is 272 g/mol. The van der Waals surface area contributed by atoms with Crippen molar-refractivity contribution < 1.29 is 17.6 Å². The Morgan fingerprint density at radius 3 is 2.50 bits per heavy atom. The van der Waals surface area contributed by atoms with Crippen LogP contribution >= 0.6 is 11.6 Å². The molecule has 2 aromatic rings. The van der Waals surface area contributed by atoms with Crippen LogP contribution in [0.5, 0.6) is 0 Å². The highest BCUT2D eigenvalue weighted by Gasteiger charge is 2.33. The Balaban J connectivity index is 2.19. The van der Waals surface area contributed by atoms with E-state index in [9.17, 15) is 17.6 Å². The third-order valence-electron chi connectivity index (χ3n) is 2.26. The molecule has 0 bridgehead atoms. The minimum atomic E-state index is -4.47. The number of hydrogen-bond donors (Lipinski definition) is 0. The molecule has 2 nitrogen and oxygen atoms in total. The third kappa shape index (κ3) is 2.81. The van der Waals surface area contributed by atoms with Gasteiger partial charge >= 0.3 is 6.18 Å². The van der Waals surface area contributed by atoms with Crippen LogP contribution in [0, 0.1) is 5.82 Å². The summed E-state index contributed by atoms with van der Waals surface area (Å²) in [7, 11) is 0. The standard InChI is InChI=1S/C11H7ClF4N2/c12-8-5-7(1-2-9(8)13)6-18-4-3-10(17-18)11(14,15)16/h1-5H,6H2. The minimum absolute atomic E-state index is 0.0734. The van der Waals surface area contributed by atoms with Gasteiger partial charge in [0.15, 0.2) is 5.69 Å². The molecule has 1 aromatic heterocycles. The summed E-state index contributed by atoms with van der Waals surface area (Å²) in [5.74, 6) is -0.572. The van der Waals surface area contributed by atoms with Gasteiger partial charge in [0.05, 0.1) is 11.6 Å². The van der Waals surface area contributed by atoms with Crippen LogP contribution in [-0.4, -0.2) is 9.78 Å². The number of halogens is 5. The van der Waals surface area contributed by atoms with Crippen LogP contribution in [0.15, 0.2) is 30.5 Å². The van der Waals surface area contributed by atoms with Crippen molar-refractivity contribution in [3.8, 4) is 0 Å². The maximum Gasteiger partial charge on any atom is 0.435 e. The molecule has 0 amide bonds. The van der Waals surface area contributed by atoms with Crippen molar-refractivity contribution in [2.24, 2.45) is 0 Å². The van der Waals surface area contributed by atoms with E-state index in [1.54, 1.807) is 0 Å². The fraction of sp³-hybridized carbons (Fsp3) is 0.182. The van der Waals surface area contributed by atoms with E-state index in [2.05, 4.69) is 5.10 Å². The zero-order valence-electron chi connectivity index (χ0n) is 8.88. The van der Waals surface area contributed by atoms with Crippen LogP contribution in [0.2, 0.25) is 5.02 Å². The van der Waals surface area contributed by atoms with Gasteiger partial charge in [0, 0.05) is 6.20 Å².